The largest absolute Gasteiger partial charge is 0.472 e. The van der Waals surface area contributed by atoms with Gasteiger partial charge in [0.25, 0.3) is 5.91 Å². The molecule has 9 nitrogen and oxygen atoms in total. The van der Waals surface area contributed by atoms with Crippen molar-refractivity contribution in [3.05, 3.63) is 24.3 Å². The van der Waals surface area contributed by atoms with E-state index in [4.69, 9.17) is 14.8 Å². The van der Waals surface area contributed by atoms with E-state index in [2.05, 4.69) is 20.6 Å². The molecule has 0 radical (unpaired) electrons. The summed E-state index contributed by atoms with van der Waals surface area (Å²) in [5.74, 6) is -1.18. The Morgan fingerprint density at radius 2 is 2.20 bits per heavy atom. The predicted octanol–water partition coefficient (Wildman–Crippen LogP) is -2.65. The number of nitrogens with one attached hydrogen (secondary N) is 2. The molecule has 0 aromatic carbocycles. The first kappa shape index (κ1) is 16.0. The molecule has 0 aliphatic heterocycles. The highest BCUT2D eigenvalue weighted by Crippen LogP contribution is 1.93. The first-order chi connectivity index (χ1) is 9.54. The minimum Gasteiger partial charge on any atom is -0.426 e. The summed E-state index contributed by atoms with van der Waals surface area (Å²) in [4.78, 5) is 31.1. The SMILES string of the molecule is COCC(NC(=O)c1cnccn1)C(=O)NCB(O)O. The van der Waals surface area contributed by atoms with Crippen molar-refractivity contribution in [1.29, 1.82) is 0 Å². The summed E-state index contributed by atoms with van der Waals surface area (Å²) in [7, 11) is -0.298. The molecule has 1 unspecified atom stereocenters. The lowest BCUT2D eigenvalue weighted by molar-refractivity contribution is -0.123. The van der Waals surface area contributed by atoms with E-state index >= 15 is 0 Å². The van der Waals surface area contributed by atoms with Crippen molar-refractivity contribution in [2.24, 2.45) is 0 Å². The highest BCUT2D eigenvalue weighted by molar-refractivity contribution is 6.41. The van der Waals surface area contributed by atoms with E-state index in [-0.39, 0.29) is 18.7 Å². The standard InChI is InChI=1S/C10H15BN4O5/c1-20-5-8(9(16)14-6-11(18)19)15-10(17)7-4-12-2-3-13-7/h2-4,8,18-19H,5-6H2,1H3,(H,14,16)(H,15,17). The molecule has 1 aromatic rings. The van der Waals surface area contributed by atoms with Crippen molar-refractivity contribution < 1.29 is 24.4 Å². The molecule has 20 heavy (non-hydrogen) atoms. The summed E-state index contributed by atoms with van der Waals surface area (Å²) in [6, 6.07) is -0.978. The molecule has 2 amide bonds. The molecule has 0 bridgehead atoms. The zero-order chi connectivity index (χ0) is 15.0. The van der Waals surface area contributed by atoms with Gasteiger partial charge in [0, 0.05) is 19.5 Å². The van der Waals surface area contributed by atoms with Gasteiger partial charge in [-0.25, -0.2) is 4.98 Å². The number of amides is 2. The van der Waals surface area contributed by atoms with Crippen LogP contribution in [0.3, 0.4) is 0 Å². The summed E-state index contributed by atoms with van der Waals surface area (Å²) in [6.45, 7) is -0.0701. The van der Waals surface area contributed by atoms with Crippen molar-refractivity contribution in [1.82, 2.24) is 20.6 Å². The van der Waals surface area contributed by atoms with Crippen molar-refractivity contribution in [3.63, 3.8) is 0 Å². The molecule has 108 valence electrons. The molecular formula is C10H15BN4O5. The number of hydrogen-bond donors (Lipinski definition) is 4. The molecule has 10 heteroatoms. The van der Waals surface area contributed by atoms with Crippen LogP contribution in [0.1, 0.15) is 10.5 Å². The summed E-state index contributed by atoms with van der Waals surface area (Å²) in [6.07, 6.45) is 3.68. The lowest BCUT2D eigenvalue weighted by Gasteiger charge is -2.17. The Bertz CT molecular complexity index is 445. The summed E-state index contributed by atoms with van der Waals surface area (Å²) in [5, 5.41) is 22.0. The molecule has 0 fully saturated rings. The molecule has 0 aliphatic carbocycles. The second-order valence-corrected chi connectivity index (χ2v) is 3.80. The lowest BCUT2D eigenvalue weighted by Crippen LogP contribution is -2.51. The first-order valence-electron chi connectivity index (χ1n) is 5.74. The van der Waals surface area contributed by atoms with Crippen LogP contribution in [0.4, 0.5) is 0 Å². The number of nitrogens with zero attached hydrogens (tertiary/aromatic N) is 2. The van der Waals surface area contributed by atoms with Gasteiger partial charge in [-0.05, 0) is 0 Å². The average Bonchev–Trinajstić information content (AvgIpc) is 2.45. The number of rotatable bonds is 7. The topological polar surface area (TPSA) is 134 Å². The van der Waals surface area contributed by atoms with E-state index in [1.54, 1.807) is 0 Å². The zero-order valence-electron chi connectivity index (χ0n) is 10.8. The van der Waals surface area contributed by atoms with Gasteiger partial charge in [-0.3, -0.25) is 14.6 Å². The van der Waals surface area contributed by atoms with Gasteiger partial charge in [0.05, 0.1) is 19.2 Å². The molecule has 1 atom stereocenters. The minimum absolute atomic E-state index is 0.0589. The Hall–Kier alpha value is -2.04. The van der Waals surface area contributed by atoms with Crippen LogP contribution >= 0.6 is 0 Å². The normalized spacial score (nSPS) is 11.6. The first-order valence-corrected chi connectivity index (χ1v) is 5.74. The molecule has 0 saturated heterocycles. The van der Waals surface area contributed by atoms with Gasteiger partial charge in [-0.1, -0.05) is 0 Å². The molecular weight excluding hydrogens is 267 g/mol. The fourth-order valence-corrected chi connectivity index (χ4v) is 1.31. The van der Waals surface area contributed by atoms with E-state index in [1.807, 2.05) is 0 Å². The molecule has 1 aromatic heterocycles. The summed E-state index contributed by atoms with van der Waals surface area (Å²) in [5.41, 5.74) is 0.0589. The maximum Gasteiger partial charge on any atom is 0.472 e. The maximum atomic E-state index is 11.8. The van der Waals surface area contributed by atoms with Gasteiger partial charge in [0.1, 0.15) is 11.7 Å². The smallest absolute Gasteiger partial charge is 0.426 e. The van der Waals surface area contributed by atoms with E-state index in [1.165, 1.54) is 25.7 Å². The van der Waals surface area contributed by atoms with Gasteiger partial charge >= 0.3 is 7.12 Å². The second-order valence-electron chi connectivity index (χ2n) is 3.80. The van der Waals surface area contributed by atoms with Crippen LogP contribution in [-0.2, 0) is 9.53 Å². The highest BCUT2D eigenvalue weighted by Gasteiger charge is 2.23. The predicted molar refractivity (Wildman–Crippen MR) is 68.4 cm³/mol. The fraction of sp³-hybridized carbons (Fsp3) is 0.400. The zero-order valence-corrected chi connectivity index (χ0v) is 10.8. The number of aromatic nitrogens is 2. The van der Waals surface area contributed by atoms with Crippen molar-refractivity contribution in [2.45, 2.75) is 6.04 Å². The van der Waals surface area contributed by atoms with Crippen molar-refractivity contribution in [3.8, 4) is 0 Å². The Morgan fingerprint density at radius 3 is 2.75 bits per heavy atom. The third-order valence-corrected chi connectivity index (χ3v) is 2.21. The van der Waals surface area contributed by atoms with E-state index in [0.29, 0.717) is 0 Å². The number of carbonyl (C=O) groups excluding carboxylic acids is 2. The van der Waals surface area contributed by atoms with Crippen LogP contribution in [-0.4, -0.2) is 65.2 Å². The maximum absolute atomic E-state index is 11.8. The Kier molecular flexibility index (Phi) is 6.57. The fourth-order valence-electron chi connectivity index (χ4n) is 1.31. The minimum atomic E-state index is -1.67. The summed E-state index contributed by atoms with van der Waals surface area (Å²) >= 11 is 0. The summed E-state index contributed by atoms with van der Waals surface area (Å²) < 4.78 is 4.83. The van der Waals surface area contributed by atoms with Gasteiger partial charge in [0.15, 0.2) is 0 Å². The average molecular weight is 282 g/mol. The molecule has 0 aliphatic rings. The van der Waals surface area contributed by atoms with Crippen molar-refractivity contribution in [2.75, 3.05) is 20.2 Å². The molecule has 0 saturated carbocycles. The number of carbonyl (C=O) groups is 2. The molecule has 1 heterocycles. The monoisotopic (exact) mass is 282 g/mol. The third kappa shape index (κ3) is 5.30. The van der Waals surface area contributed by atoms with E-state index in [9.17, 15) is 9.59 Å². The van der Waals surface area contributed by atoms with Gasteiger partial charge in [-0.2, -0.15) is 0 Å². The number of methoxy groups -OCH3 is 1. The van der Waals surface area contributed by atoms with Crippen molar-refractivity contribution >= 4 is 18.9 Å². The van der Waals surface area contributed by atoms with Gasteiger partial charge in [0.2, 0.25) is 5.91 Å². The molecule has 0 spiro atoms. The number of ether oxygens (including phenoxy) is 1. The van der Waals surface area contributed by atoms with Gasteiger partial charge < -0.3 is 25.4 Å². The second kappa shape index (κ2) is 8.20. The van der Waals surface area contributed by atoms with Crippen LogP contribution in [0.5, 0.6) is 0 Å². The quantitative estimate of drug-likeness (QED) is 0.401. The van der Waals surface area contributed by atoms with Gasteiger partial charge in [-0.15, -0.1) is 0 Å². The van der Waals surface area contributed by atoms with Crippen LogP contribution in [0.2, 0.25) is 0 Å². The van der Waals surface area contributed by atoms with E-state index < -0.39 is 25.0 Å². The molecule has 1 rings (SSSR count). The lowest BCUT2D eigenvalue weighted by atomic mass is 9.92. The van der Waals surface area contributed by atoms with Crippen LogP contribution in [0.25, 0.3) is 0 Å². The van der Waals surface area contributed by atoms with Crippen LogP contribution in [0.15, 0.2) is 18.6 Å². The Balaban J connectivity index is 2.62. The third-order valence-electron chi connectivity index (χ3n) is 2.21. The molecule has 4 N–H and O–H groups in total. The van der Waals surface area contributed by atoms with Crippen LogP contribution < -0.4 is 10.6 Å². The Labute approximate surface area is 115 Å². The highest BCUT2D eigenvalue weighted by atomic mass is 16.5. The Morgan fingerprint density at radius 1 is 1.45 bits per heavy atom. The number of hydrogen-bond acceptors (Lipinski definition) is 7. The van der Waals surface area contributed by atoms with Crippen LogP contribution in [0, 0.1) is 0 Å². The van der Waals surface area contributed by atoms with E-state index in [0.717, 1.165) is 0 Å².